The van der Waals surface area contributed by atoms with Gasteiger partial charge in [0.1, 0.15) is 30.4 Å². The van der Waals surface area contributed by atoms with Gasteiger partial charge in [-0.25, -0.2) is 23.6 Å². The van der Waals surface area contributed by atoms with E-state index in [4.69, 9.17) is 9.47 Å². The number of carbonyl (C=O) groups is 3. The molecule has 2 aliphatic heterocycles. The van der Waals surface area contributed by atoms with E-state index in [-0.39, 0.29) is 69.4 Å². The molecule has 0 spiro atoms. The molecule has 2 atom stereocenters. The molecule has 2 heterocycles. The van der Waals surface area contributed by atoms with Crippen LogP contribution in [0.1, 0.15) is 24.0 Å². The van der Waals surface area contributed by atoms with Crippen LogP contribution in [0.2, 0.25) is 0 Å². The third-order valence-corrected chi connectivity index (χ3v) is 7.51. The second kappa shape index (κ2) is 16.2. The van der Waals surface area contributed by atoms with Crippen molar-refractivity contribution in [3.8, 4) is 0 Å². The summed E-state index contributed by atoms with van der Waals surface area (Å²) in [5, 5.41) is 9.86. The van der Waals surface area contributed by atoms with Gasteiger partial charge in [0.05, 0.1) is 33.0 Å². The maximum absolute atomic E-state index is 13.7. The van der Waals surface area contributed by atoms with Gasteiger partial charge in [0.2, 0.25) is 11.8 Å². The standard InChI is InChI=1S/C31H40F2N6O5/c1-3-15-44-31(42)35-13-5-8-27-30(41)37(14-16-43-21-24-6-4-7-26(33)17-24)19-28-38(36(2)20-29(40)39(27)28)22-34-18-23-9-11-25(32)12-10-23/h3-4,6-7,9-12,17,27-28,34H,1,5,8,13-16,18-22H2,2H3,(H,35,42)/t27-,28+/m0/s1. The number of amides is 3. The number of ether oxygens (including phenoxy) is 2. The van der Waals surface area contributed by atoms with Gasteiger partial charge in [-0.15, -0.1) is 0 Å². The minimum atomic E-state index is -0.733. The van der Waals surface area contributed by atoms with E-state index >= 15 is 0 Å². The number of fused-ring (bicyclic) bond motifs is 1. The number of nitrogens with zero attached hydrogens (tertiary/aromatic N) is 4. The zero-order chi connectivity index (χ0) is 31.5. The van der Waals surface area contributed by atoms with Crippen molar-refractivity contribution in [1.29, 1.82) is 0 Å². The zero-order valence-corrected chi connectivity index (χ0v) is 24.9. The topological polar surface area (TPSA) is 107 Å². The molecule has 0 aromatic heterocycles. The summed E-state index contributed by atoms with van der Waals surface area (Å²) in [5.74, 6) is -1.00. The molecule has 3 amide bonds. The summed E-state index contributed by atoms with van der Waals surface area (Å²) in [6.07, 6.45) is 1.22. The zero-order valence-electron chi connectivity index (χ0n) is 24.9. The summed E-state index contributed by atoms with van der Waals surface area (Å²) in [7, 11) is 1.82. The number of hydrogen-bond donors (Lipinski definition) is 2. The highest BCUT2D eigenvalue weighted by atomic mass is 19.1. The summed E-state index contributed by atoms with van der Waals surface area (Å²) < 4.78 is 37.6. The van der Waals surface area contributed by atoms with Crippen LogP contribution in [0.3, 0.4) is 0 Å². The largest absolute Gasteiger partial charge is 0.445 e. The minimum absolute atomic E-state index is 0.0890. The molecule has 2 aromatic rings. The summed E-state index contributed by atoms with van der Waals surface area (Å²) in [6, 6.07) is 11.7. The second-order valence-corrected chi connectivity index (χ2v) is 10.7. The number of benzene rings is 2. The van der Waals surface area contributed by atoms with Crippen LogP contribution in [-0.2, 0) is 32.2 Å². The maximum Gasteiger partial charge on any atom is 0.407 e. The third kappa shape index (κ3) is 9.05. The van der Waals surface area contributed by atoms with Gasteiger partial charge in [0.15, 0.2) is 0 Å². The number of hydrogen-bond acceptors (Lipinski definition) is 8. The van der Waals surface area contributed by atoms with Crippen molar-refractivity contribution in [2.45, 2.75) is 38.2 Å². The van der Waals surface area contributed by atoms with Gasteiger partial charge in [-0.1, -0.05) is 36.9 Å². The number of halogens is 2. The first-order valence-electron chi connectivity index (χ1n) is 14.6. The number of rotatable bonds is 15. The molecular weight excluding hydrogens is 574 g/mol. The van der Waals surface area contributed by atoms with Crippen LogP contribution in [0.5, 0.6) is 0 Å². The molecule has 11 nitrogen and oxygen atoms in total. The van der Waals surface area contributed by atoms with Crippen LogP contribution >= 0.6 is 0 Å². The van der Waals surface area contributed by atoms with Crippen LogP contribution in [-0.4, -0.2) is 103 Å². The maximum atomic E-state index is 13.7. The Balaban J connectivity index is 1.43. The van der Waals surface area contributed by atoms with Crippen molar-refractivity contribution in [2.24, 2.45) is 0 Å². The van der Waals surface area contributed by atoms with Crippen molar-refractivity contribution >= 4 is 17.9 Å². The van der Waals surface area contributed by atoms with E-state index in [0.717, 1.165) is 5.56 Å². The molecule has 2 aromatic carbocycles. The SMILES string of the molecule is C=CCOC(=O)NCCC[C@H]1C(=O)N(CCOCc2cccc(F)c2)C[C@H]2N1C(=O)CN(C)N2CNCc1ccc(F)cc1. The van der Waals surface area contributed by atoms with Crippen LogP contribution in [0.25, 0.3) is 0 Å². The Labute approximate surface area is 256 Å². The minimum Gasteiger partial charge on any atom is -0.445 e. The molecule has 2 aliphatic rings. The average Bonchev–Trinajstić information content (AvgIpc) is 3.00. The van der Waals surface area contributed by atoms with E-state index in [1.807, 2.05) is 17.1 Å². The monoisotopic (exact) mass is 614 g/mol. The molecule has 2 fully saturated rings. The first-order chi connectivity index (χ1) is 21.3. The smallest absolute Gasteiger partial charge is 0.407 e. The van der Waals surface area contributed by atoms with Gasteiger partial charge in [-0.3, -0.25) is 14.9 Å². The Morgan fingerprint density at radius 3 is 2.66 bits per heavy atom. The van der Waals surface area contributed by atoms with E-state index in [9.17, 15) is 23.2 Å². The fourth-order valence-corrected chi connectivity index (χ4v) is 5.36. The highest BCUT2D eigenvalue weighted by Crippen LogP contribution is 2.27. The Hall–Kier alpha value is -3.91. The molecule has 2 saturated heterocycles. The Morgan fingerprint density at radius 1 is 1.11 bits per heavy atom. The number of carbonyl (C=O) groups excluding carboxylic acids is 3. The third-order valence-electron chi connectivity index (χ3n) is 7.51. The molecule has 0 unspecified atom stereocenters. The van der Waals surface area contributed by atoms with Crippen LogP contribution in [0.15, 0.2) is 61.2 Å². The van der Waals surface area contributed by atoms with Gasteiger partial charge in [0.25, 0.3) is 0 Å². The Kier molecular flexibility index (Phi) is 12.2. The summed E-state index contributed by atoms with van der Waals surface area (Å²) in [4.78, 5) is 42.3. The van der Waals surface area contributed by atoms with Gasteiger partial charge >= 0.3 is 6.09 Å². The predicted molar refractivity (Wildman–Crippen MR) is 158 cm³/mol. The molecule has 0 radical (unpaired) electrons. The van der Waals surface area contributed by atoms with Gasteiger partial charge in [-0.05, 0) is 48.2 Å². The van der Waals surface area contributed by atoms with Gasteiger partial charge in [-0.2, -0.15) is 0 Å². The molecule has 44 heavy (non-hydrogen) atoms. The average molecular weight is 615 g/mol. The molecule has 0 saturated carbocycles. The highest BCUT2D eigenvalue weighted by molar-refractivity contribution is 5.90. The molecule has 2 N–H and O–H groups in total. The number of likely N-dealkylation sites (N-methyl/N-ethyl adjacent to an activating group) is 1. The molecule has 4 rings (SSSR count). The van der Waals surface area contributed by atoms with E-state index in [0.29, 0.717) is 31.6 Å². The molecule has 238 valence electrons. The molecule has 13 heteroatoms. The Morgan fingerprint density at radius 2 is 1.91 bits per heavy atom. The fraction of sp³-hybridized carbons (Fsp3) is 0.452. The van der Waals surface area contributed by atoms with Gasteiger partial charge < -0.3 is 24.6 Å². The van der Waals surface area contributed by atoms with Crippen molar-refractivity contribution in [1.82, 2.24) is 30.5 Å². The van der Waals surface area contributed by atoms with E-state index in [1.54, 1.807) is 34.1 Å². The lowest BCUT2D eigenvalue weighted by molar-refractivity contribution is -0.201. The molecule has 0 aliphatic carbocycles. The number of alkyl carbamates (subject to hydrolysis) is 1. The first-order valence-corrected chi connectivity index (χ1v) is 14.6. The lowest BCUT2D eigenvalue weighted by Gasteiger charge is -2.55. The molecule has 0 bridgehead atoms. The van der Waals surface area contributed by atoms with E-state index in [1.165, 1.54) is 30.3 Å². The lowest BCUT2D eigenvalue weighted by atomic mass is 10.0. The highest BCUT2D eigenvalue weighted by Gasteiger charge is 2.48. The van der Waals surface area contributed by atoms with Crippen LogP contribution in [0.4, 0.5) is 13.6 Å². The van der Waals surface area contributed by atoms with Crippen molar-refractivity contribution in [2.75, 3.05) is 53.1 Å². The van der Waals surface area contributed by atoms with Crippen molar-refractivity contribution in [3.05, 3.63) is 83.9 Å². The number of hydrazine groups is 1. The fourth-order valence-electron chi connectivity index (χ4n) is 5.36. The quantitative estimate of drug-likeness (QED) is 0.233. The van der Waals surface area contributed by atoms with Crippen molar-refractivity contribution in [3.63, 3.8) is 0 Å². The van der Waals surface area contributed by atoms with E-state index in [2.05, 4.69) is 17.2 Å². The van der Waals surface area contributed by atoms with Crippen LogP contribution in [0, 0.1) is 11.6 Å². The predicted octanol–water partition coefficient (Wildman–Crippen LogP) is 2.45. The first kappa shape index (κ1) is 33.0. The summed E-state index contributed by atoms with van der Waals surface area (Å²) in [6.45, 7) is 5.81. The lowest BCUT2D eigenvalue weighted by Crippen LogP contribution is -2.75. The van der Waals surface area contributed by atoms with E-state index < -0.39 is 18.3 Å². The van der Waals surface area contributed by atoms with Crippen LogP contribution < -0.4 is 10.6 Å². The second-order valence-electron chi connectivity index (χ2n) is 10.7. The normalized spacial score (nSPS) is 19.2. The summed E-state index contributed by atoms with van der Waals surface area (Å²) in [5.41, 5.74) is 1.60. The Bertz CT molecular complexity index is 1280. The van der Waals surface area contributed by atoms with Crippen molar-refractivity contribution < 1.29 is 32.6 Å². The number of piperazine rings is 1. The van der Waals surface area contributed by atoms with Gasteiger partial charge in [0, 0.05) is 26.7 Å². The molecular formula is C31H40F2N6O5. The summed E-state index contributed by atoms with van der Waals surface area (Å²) >= 11 is 0. The number of nitrogens with one attached hydrogen (secondary N) is 2.